The van der Waals surface area contributed by atoms with Gasteiger partial charge in [-0.25, -0.2) is 4.39 Å². The van der Waals surface area contributed by atoms with Crippen LogP contribution in [0.3, 0.4) is 0 Å². The topological polar surface area (TPSA) is 41.1 Å². The minimum absolute atomic E-state index is 0.00327. The van der Waals surface area contributed by atoms with Crippen LogP contribution < -0.4 is 10.6 Å². The van der Waals surface area contributed by atoms with E-state index in [1.165, 1.54) is 5.32 Å². The van der Waals surface area contributed by atoms with Crippen molar-refractivity contribution < 1.29 is 35.5 Å². The van der Waals surface area contributed by atoms with Crippen molar-refractivity contribution in [2.75, 3.05) is 5.32 Å². The first-order valence-electron chi connectivity index (χ1n) is 7.32. The molecule has 2 aromatic rings. The summed E-state index contributed by atoms with van der Waals surface area (Å²) in [6, 6.07) is 4.53. The van der Waals surface area contributed by atoms with Gasteiger partial charge in [-0.2, -0.15) is 26.3 Å². The molecule has 0 unspecified atom stereocenters. The molecule has 13 heteroatoms. The van der Waals surface area contributed by atoms with Crippen molar-refractivity contribution in [2.45, 2.75) is 18.0 Å². The van der Waals surface area contributed by atoms with Crippen LogP contribution in [-0.2, 0) is 0 Å². The van der Waals surface area contributed by atoms with Crippen LogP contribution >= 0.6 is 34.8 Å². The number of carbonyl (C=O) groups is 1. The molecular formula is C16H8Cl3F7N2O. The normalized spacial score (nSPS) is 12.6. The lowest BCUT2D eigenvalue weighted by atomic mass is 10.1. The van der Waals surface area contributed by atoms with E-state index in [0.717, 1.165) is 23.5 Å². The molecule has 2 N–H and O–H groups in total. The monoisotopic (exact) mass is 482 g/mol. The Labute approximate surface area is 173 Å². The van der Waals surface area contributed by atoms with Gasteiger partial charge in [-0.05, 0) is 36.4 Å². The van der Waals surface area contributed by atoms with Crippen molar-refractivity contribution in [3.8, 4) is 0 Å². The Hall–Kier alpha value is -1.91. The van der Waals surface area contributed by atoms with Gasteiger partial charge >= 0.3 is 18.0 Å². The Balaban J connectivity index is 2.56. The van der Waals surface area contributed by atoms with Crippen LogP contribution in [0.1, 0.15) is 10.4 Å². The maximum Gasteiger partial charge on any atom is 0.439 e. The summed E-state index contributed by atoms with van der Waals surface area (Å²) in [6.45, 7) is 0. The van der Waals surface area contributed by atoms with Crippen LogP contribution in [0.4, 0.5) is 36.4 Å². The number of benzene rings is 2. The summed E-state index contributed by atoms with van der Waals surface area (Å²) in [5.41, 5.74) is -6.48. The molecule has 0 atom stereocenters. The summed E-state index contributed by atoms with van der Waals surface area (Å²) >= 11 is 16.7. The average molecular weight is 484 g/mol. The van der Waals surface area contributed by atoms with E-state index < -0.39 is 51.0 Å². The number of rotatable bonds is 4. The number of halogens is 10. The smallest absolute Gasteiger partial charge is 0.348 e. The fourth-order valence-electron chi connectivity index (χ4n) is 2.18. The van der Waals surface area contributed by atoms with Gasteiger partial charge in [0.25, 0.3) is 5.91 Å². The Morgan fingerprint density at radius 3 is 1.90 bits per heavy atom. The van der Waals surface area contributed by atoms with Crippen LogP contribution in [0.25, 0.3) is 0 Å². The van der Waals surface area contributed by atoms with Gasteiger partial charge in [-0.1, -0.05) is 34.8 Å². The highest BCUT2D eigenvalue weighted by Gasteiger charge is 2.72. The van der Waals surface area contributed by atoms with E-state index in [1.807, 2.05) is 0 Å². The van der Waals surface area contributed by atoms with Crippen LogP contribution in [0.5, 0.6) is 0 Å². The van der Waals surface area contributed by atoms with Gasteiger partial charge in [-0.3, -0.25) is 4.79 Å². The number of anilines is 1. The van der Waals surface area contributed by atoms with Crippen molar-refractivity contribution in [1.82, 2.24) is 5.32 Å². The van der Waals surface area contributed by atoms with E-state index in [0.29, 0.717) is 18.2 Å². The number of alkyl halides is 6. The fourth-order valence-corrected chi connectivity index (χ4v) is 2.85. The molecule has 0 aliphatic rings. The summed E-state index contributed by atoms with van der Waals surface area (Å²) in [7, 11) is 0. The lowest BCUT2D eigenvalue weighted by molar-refractivity contribution is -0.294. The second-order valence-electron chi connectivity index (χ2n) is 5.58. The molecule has 3 nitrogen and oxygen atoms in total. The molecule has 0 aliphatic carbocycles. The highest BCUT2D eigenvalue weighted by Crippen LogP contribution is 2.44. The molecule has 2 rings (SSSR count). The number of hydrogen-bond donors (Lipinski definition) is 2. The van der Waals surface area contributed by atoms with Crippen molar-refractivity contribution in [2.24, 2.45) is 0 Å². The molecule has 158 valence electrons. The Morgan fingerprint density at radius 2 is 1.41 bits per heavy atom. The first kappa shape index (κ1) is 23.4. The minimum atomic E-state index is -6.08. The molecule has 29 heavy (non-hydrogen) atoms. The number of carbonyl (C=O) groups excluding carboxylic acids is 1. The first-order chi connectivity index (χ1) is 13.2. The van der Waals surface area contributed by atoms with E-state index in [2.05, 4.69) is 0 Å². The van der Waals surface area contributed by atoms with E-state index >= 15 is 0 Å². The average Bonchev–Trinajstić information content (AvgIpc) is 2.55. The molecule has 0 radical (unpaired) electrons. The van der Waals surface area contributed by atoms with Gasteiger partial charge < -0.3 is 10.6 Å². The SMILES string of the molecule is O=C(NC(Nc1ccc(F)c(Cl)c1)(C(F)(F)F)C(F)(F)F)c1ccc(Cl)cc1Cl. The molecule has 0 fully saturated rings. The van der Waals surface area contributed by atoms with Crippen LogP contribution in [0, 0.1) is 5.82 Å². The van der Waals surface area contributed by atoms with Crippen LogP contribution in [0.2, 0.25) is 15.1 Å². The molecule has 0 saturated carbocycles. The van der Waals surface area contributed by atoms with Gasteiger partial charge in [0.1, 0.15) is 5.82 Å². The van der Waals surface area contributed by atoms with Crippen molar-refractivity contribution in [1.29, 1.82) is 0 Å². The summed E-state index contributed by atoms with van der Waals surface area (Å²) in [5, 5.41) is 0.868. The van der Waals surface area contributed by atoms with E-state index in [4.69, 9.17) is 34.8 Å². The molecule has 0 spiro atoms. The van der Waals surface area contributed by atoms with Crippen molar-refractivity contribution >= 4 is 46.4 Å². The van der Waals surface area contributed by atoms with Crippen molar-refractivity contribution in [3.63, 3.8) is 0 Å². The molecule has 0 aliphatic heterocycles. The Kier molecular flexibility index (Phi) is 6.51. The number of amides is 1. The summed E-state index contributed by atoms with van der Waals surface area (Å²) < 4.78 is 94.9. The highest BCUT2D eigenvalue weighted by molar-refractivity contribution is 6.36. The van der Waals surface area contributed by atoms with E-state index in [9.17, 15) is 35.5 Å². The lowest BCUT2D eigenvalue weighted by Crippen LogP contribution is -2.72. The van der Waals surface area contributed by atoms with Gasteiger partial charge in [0.15, 0.2) is 0 Å². The predicted octanol–water partition coefficient (Wildman–Crippen LogP) is 6.45. The van der Waals surface area contributed by atoms with Gasteiger partial charge in [0.2, 0.25) is 0 Å². The highest BCUT2D eigenvalue weighted by atomic mass is 35.5. The number of hydrogen-bond acceptors (Lipinski definition) is 2. The van der Waals surface area contributed by atoms with Crippen molar-refractivity contribution in [3.05, 3.63) is 62.8 Å². The second-order valence-corrected chi connectivity index (χ2v) is 6.83. The zero-order chi connectivity index (χ0) is 22.2. The molecule has 2 aromatic carbocycles. The third-order valence-corrected chi connectivity index (χ3v) is 4.42. The standard InChI is InChI=1S/C16H8Cl3F7N2O/c17-7-1-3-9(10(18)5-7)13(29)28-14(15(21,22)23,16(24,25)26)27-8-2-4-12(20)11(19)6-8/h1-6,27H,(H,28,29). The largest absolute Gasteiger partial charge is 0.439 e. The first-order valence-corrected chi connectivity index (χ1v) is 8.45. The van der Waals surface area contributed by atoms with Gasteiger partial charge in [0.05, 0.1) is 15.6 Å². The maximum absolute atomic E-state index is 13.6. The predicted molar refractivity (Wildman–Crippen MR) is 93.8 cm³/mol. The molecule has 0 saturated heterocycles. The van der Waals surface area contributed by atoms with Gasteiger partial charge in [-0.15, -0.1) is 0 Å². The lowest BCUT2D eigenvalue weighted by Gasteiger charge is -2.39. The maximum atomic E-state index is 13.6. The quantitative estimate of drug-likeness (QED) is 0.388. The fraction of sp³-hybridized carbons (Fsp3) is 0.188. The van der Waals surface area contributed by atoms with Crippen LogP contribution in [0.15, 0.2) is 36.4 Å². The molecule has 0 heterocycles. The number of nitrogens with one attached hydrogen (secondary N) is 2. The second kappa shape index (κ2) is 8.08. The molecular weight excluding hydrogens is 476 g/mol. The van der Waals surface area contributed by atoms with Crippen LogP contribution in [-0.4, -0.2) is 23.9 Å². The summed E-state index contributed by atoms with van der Waals surface area (Å²) in [6.07, 6.45) is -12.2. The zero-order valence-corrected chi connectivity index (χ0v) is 15.9. The molecule has 0 aromatic heterocycles. The molecule has 0 bridgehead atoms. The van der Waals surface area contributed by atoms with Gasteiger partial charge in [0, 0.05) is 10.7 Å². The zero-order valence-electron chi connectivity index (χ0n) is 13.7. The third-order valence-electron chi connectivity index (χ3n) is 3.58. The Bertz CT molecular complexity index is 918. The molecule has 1 amide bonds. The van der Waals surface area contributed by atoms with E-state index in [-0.39, 0.29) is 5.02 Å². The summed E-state index contributed by atoms with van der Waals surface area (Å²) in [4.78, 5) is 12.2. The van der Waals surface area contributed by atoms with E-state index in [1.54, 1.807) is 0 Å². The third kappa shape index (κ3) is 4.81. The summed E-state index contributed by atoms with van der Waals surface area (Å²) in [5.74, 6) is -2.86. The Morgan fingerprint density at radius 1 is 0.828 bits per heavy atom. The minimum Gasteiger partial charge on any atom is -0.348 e.